The Morgan fingerprint density at radius 3 is 2.72 bits per heavy atom. The minimum absolute atomic E-state index is 0. The summed E-state index contributed by atoms with van der Waals surface area (Å²) in [6.45, 7) is 2.53. The molecule has 11 heteroatoms. The van der Waals surface area contributed by atoms with Gasteiger partial charge in [0.1, 0.15) is 5.82 Å². The number of guanidine groups is 1. The molecule has 0 atom stereocenters. The molecule has 1 aromatic carbocycles. The van der Waals surface area contributed by atoms with Crippen LogP contribution in [0.4, 0.5) is 4.39 Å². The molecule has 1 saturated heterocycles. The molecule has 8 nitrogen and oxygen atoms in total. The lowest BCUT2D eigenvalue weighted by atomic mass is 10.1. The third-order valence-electron chi connectivity index (χ3n) is 4.66. The highest BCUT2D eigenvalue weighted by molar-refractivity contribution is 14.0. The van der Waals surface area contributed by atoms with Crippen LogP contribution >= 0.6 is 24.0 Å². The van der Waals surface area contributed by atoms with Crippen molar-refractivity contribution in [3.05, 3.63) is 35.8 Å². The fourth-order valence-electron chi connectivity index (χ4n) is 3.15. The first-order valence-corrected chi connectivity index (χ1v) is 10.9. The highest BCUT2D eigenvalue weighted by Crippen LogP contribution is 2.19. The van der Waals surface area contributed by atoms with E-state index in [-0.39, 0.29) is 42.1 Å². The number of aromatic amines is 1. The first-order valence-electron chi connectivity index (χ1n) is 9.25. The highest BCUT2D eigenvalue weighted by Gasteiger charge is 2.23. The molecule has 3 rings (SSSR count). The summed E-state index contributed by atoms with van der Waals surface area (Å²) in [5, 5.41) is 7.04. The van der Waals surface area contributed by atoms with Crippen LogP contribution in [0.3, 0.4) is 0 Å². The van der Waals surface area contributed by atoms with Gasteiger partial charge >= 0.3 is 0 Å². The lowest BCUT2D eigenvalue weighted by Gasteiger charge is -2.26. The van der Waals surface area contributed by atoms with E-state index in [1.165, 1.54) is 16.4 Å². The van der Waals surface area contributed by atoms with Crippen molar-refractivity contribution in [1.82, 2.24) is 19.9 Å². The number of fused-ring (bicyclic) bond motifs is 1. The van der Waals surface area contributed by atoms with Crippen LogP contribution in [-0.4, -0.2) is 75.9 Å². The number of aromatic nitrogens is 1. The molecular weight excluding hydrogens is 512 g/mol. The van der Waals surface area contributed by atoms with Gasteiger partial charge in [-0.25, -0.2) is 12.8 Å². The number of nitrogens with zero attached hydrogens (tertiary/aromatic N) is 2. The maximum atomic E-state index is 13.5. The number of hydrogen-bond donors (Lipinski definition) is 3. The molecule has 0 bridgehead atoms. The smallest absolute Gasteiger partial charge is 0.215 e. The molecule has 162 valence electrons. The Bertz CT molecular complexity index is 929. The second-order valence-electron chi connectivity index (χ2n) is 6.51. The number of nitrogens with one attached hydrogen (secondary N) is 3. The summed E-state index contributed by atoms with van der Waals surface area (Å²) >= 11 is 0. The van der Waals surface area contributed by atoms with E-state index in [9.17, 15) is 12.8 Å². The molecule has 1 aliphatic rings. The lowest BCUT2D eigenvalue weighted by Crippen LogP contribution is -2.45. The molecule has 0 amide bonds. The minimum Gasteiger partial charge on any atom is -0.379 e. The van der Waals surface area contributed by atoms with Crippen LogP contribution < -0.4 is 10.6 Å². The zero-order chi connectivity index (χ0) is 20.0. The van der Waals surface area contributed by atoms with E-state index in [0.29, 0.717) is 45.2 Å². The molecule has 0 unspecified atom stereocenters. The molecule has 2 heterocycles. The molecule has 1 fully saturated rings. The average Bonchev–Trinajstić information content (AvgIpc) is 3.09. The van der Waals surface area contributed by atoms with Crippen molar-refractivity contribution >= 4 is 50.9 Å². The minimum atomic E-state index is -3.30. The molecule has 3 N–H and O–H groups in total. The van der Waals surface area contributed by atoms with Crippen molar-refractivity contribution in [2.45, 2.75) is 6.42 Å². The van der Waals surface area contributed by atoms with Crippen LogP contribution in [0.5, 0.6) is 0 Å². The molecule has 1 aromatic heterocycles. The summed E-state index contributed by atoms with van der Waals surface area (Å²) in [6, 6.07) is 4.67. The number of hydrogen-bond acceptors (Lipinski definition) is 4. The topological polar surface area (TPSA) is 98.8 Å². The Balaban J connectivity index is 0.00000300. The molecule has 0 radical (unpaired) electrons. The Morgan fingerprint density at radius 1 is 1.28 bits per heavy atom. The van der Waals surface area contributed by atoms with Crippen LogP contribution in [0.2, 0.25) is 0 Å². The van der Waals surface area contributed by atoms with Crippen LogP contribution in [0.25, 0.3) is 10.9 Å². The van der Waals surface area contributed by atoms with Crippen molar-refractivity contribution in [3.8, 4) is 0 Å². The van der Waals surface area contributed by atoms with E-state index in [4.69, 9.17) is 4.74 Å². The number of halogens is 2. The average molecular weight is 539 g/mol. The predicted octanol–water partition coefficient (Wildman–Crippen LogP) is 1.29. The van der Waals surface area contributed by atoms with E-state index in [1.807, 2.05) is 6.20 Å². The van der Waals surface area contributed by atoms with E-state index in [2.05, 4.69) is 20.6 Å². The number of rotatable bonds is 7. The van der Waals surface area contributed by atoms with Crippen molar-refractivity contribution in [1.29, 1.82) is 0 Å². The Kier molecular flexibility index (Phi) is 9.11. The van der Waals surface area contributed by atoms with Crippen LogP contribution in [0.15, 0.2) is 29.4 Å². The Hall–Kier alpha value is -1.44. The maximum Gasteiger partial charge on any atom is 0.215 e. The first kappa shape index (κ1) is 23.8. The van der Waals surface area contributed by atoms with E-state index < -0.39 is 10.0 Å². The monoisotopic (exact) mass is 539 g/mol. The van der Waals surface area contributed by atoms with Crippen molar-refractivity contribution in [3.63, 3.8) is 0 Å². The van der Waals surface area contributed by atoms with Gasteiger partial charge in [0.25, 0.3) is 0 Å². The summed E-state index contributed by atoms with van der Waals surface area (Å²) in [4.78, 5) is 7.24. The largest absolute Gasteiger partial charge is 0.379 e. The van der Waals surface area contributed by atoms with Crippen molar-refractivity contribution in [2.75, 3.05) is 52.2 Å². The van der Waals surface area contributed by atoms with Crippen LogP contribution in [-0.2, 0) is 21.2 Å². The normalized spacial score (nSPS) is 15.9. The van der Waals surface area contributed by atoms with Crippen LogP contribution in [0.1, 0.15) is 5.56 Å². The zero-order valence-corrected chi connectivity index (χ0v) is 19.4. The number of H-pyrrole nitrogens is 1. The summed E-state index contributed by atoms with van der Waals surface area (Å²) in [5.41, 5.74) is 1.90. The summed E-state index contributed by atoms with van der Waals surface area (Å²) < 4.78 is 44.7. The quantitative estimate of drug-likeness (QED) is 0.280. The number of ether oxygens (including phenoxy) is 1. The third-order valence-corrected chi connectivity index (χ3v) is 6.53. The summed E-state index contributed by atoms with van der Waals surface area (Å²) in [7, 11) is -1.67. The molecule has 29 heavy (non-hydrogen) atoms. The highest BCUT2D eigenvalue weighted by atomic mass is 127. The standard InChI is InChI=1S/C18H26FN5O3S.HI/c1-20-18(22-6-11-28(25,26)24-7-9-27-10-8-24)21-5-4-14-13-23-17-3-2-15(19)12-16(14)17;/h2-3,12-13,23H,4-11H2,1H3,(H2,20,21,22);1H. The van der Waals surface area contributed by atoms with Crippen LogP contribution in [0, 0.1) is 5.82 Å². The molecule has 2 aromatic rings. The van der Waals surface area contributed by atoms with Gasteiger partial charge in [0, 0.05) is 50.3 Å². The van der Waals surface area contributed by atoms with Gasteiger partial charge < -0.3 is 20.4 Å². The Labute approximate surface area is 187 Å². The summed E-state index contributed by atoms with van der Waals surface area (Å²) in [5.74, 6) is 0.263. The number of morpholine rings is 1. The maximum absolute atomic E-state index is 13.5. The second kappa shape index (κ2) is 11.1. The zero-order valence-electron chi connectivity index (χ0n) is 16.3. The van der Waals surface area contributed by atoms with Gasteiger partial charge in [-0.3, -0.25) is 4.99 Å². The van der Waals surface area contributed by atoms with Gasteiger partial charge in [-0.15, -0.1) is 24.0 Å². The molecule has 0 aliphatic carbocycles. The number of aliphatic imine (C=N–C) groups is 1. The van der Waals surface area contributed by atoms with Gasteiger partial charge in [-0.05, 0) is 30.2 Å². The van der Waals surface area contributed by atoms with Crippen molar-refractivity contribution < 1.29 is 17.5 Å². The van der Waals surface area contributed by atoms with Crippen molar-refractivity contribution in [2.24, 2.45) is 4.99 Å². The fourth-order valence-corrected chi connectivity index (χ4v) is 4.47. The van der Waals surface area contributed by atoms with E-state index in [1.54, 1.807) is 13.1 Å². The number of benzene rings is 1. The van der Waals surface area contributed by atoms with Gasteiger partial charge in [0.15, 0.2) is 5.96 Å². The van der Waals surface area contributed by atoms with Gasteiger partial charge in [0.2, 0.25) is 10.0 Å². The fraction of sp³-hybridized carbons (Fsp3) is 0.500. The van der Waals surface area contributed by atoms with E-state index >= 15 is 0 Å². The molecule has 0 spiro atoms. The van der Waals surface area contributed by atoms with Gasteiger partial charge in [0.05, 0.1) is 19.0 Å². The van der Waals surface area contributed by atoms with E-state index in [0.717, 1.165) is 16.5 Å². The Morgan fingerprint density at radius 2 is 2.00 bits per heavy atom. The predicted molar refractivity (Wildman–Crippen MR) is 123 cm³/mol. The molecule has 1 aliphatic heterocycles. The first-order chi connectivity index (χ1) is 13.5. The molecule has 0 saturated carbocycles. The third kappa shape index (κ3) is 6.52. The summed E-state index contributed by atoms with van der Waals surface area (Å²) in [6.07, 6.45) is 2.55. The molecular formula is C18H27FIN5O3S. The lowest BCUT2D eigenvalue weighted by molar-refractivity contribution is 0.0730. The van der Waals surface area contributed by atoms with Gasteiger partial charge in [-0.2, -0.15) is 4.31 Å². The van der Waals surface area contributed by atoms with Gasteiger partial charge in [-0.1, -0.05) is 0 Å². The second-order valence-corrected chi connectivity index (χ2v) is 8.60. The SMILES string of the molecule is CN=C(NCCc1c[nH]c2ccc(F)cc12)NCCS(=O)(=O)N1CCOCC1.I. The number of sulfonamides is 1.